The van der Waals surface area contributed by atoms with Crippen molar-refractivity contribution in [2.45, 2.75) is 85.2 Å². The molecule has 0 fully saturated rings. The molecule has 0 atom stereocenters. The lowest BCUT2D eigenvalue weighted by molar-refractivity contribution is -0.134. The van der Waals surface area contributed by atoms with E-state index in [0.717, 1.165) is 48.1 Å². The van der Waals surface area contributed by atoms with Crippen LogP contribution in [0.4, 0.5) is 0 Å². The number of benzene rings is 2. The predicted octanol–water partition coefficient (Wildman–Crippen LogP) is 7.12. The number of fused-ring (bicyclic) bond motifs is 3. The second kappa shape index (κ2) is 9.02. The van der Waals surface area contributed by atoms with Crippen LogP contribution in [0.3, 0.4) is 0 Å². The summed E-state index contributed by atoms with van der Waals surface area (Å²) in [5.41, 5.74) is 5.06. The molecular weight excluding hydrogens is 360 g/mol. The van der Waals surface area contributed by atoms with E-state index in [2.05, 4.69) is 58.9 Å². The lowest BCUT2D eigenvalue weighted by atomic mass is 9.84. The summed E-state index contributed by atoms with van der Waals surface area (Å²) in [6, 6.07) is 10.6. The van der Waals surface area contributed by atoms with Crippen LogP contribution in [0.2, 0.25) is 0 Å². The zero-order valence-electron chi connectivity index (χ0n) is 18.6. The number of ether oxygens (including phenoxy) is 2. The van der Waals surface area contributed by atoms with E-state index in [4.69, 9.17) is 9.47 Å². The van der Waals surface area contributed by atoms with Gasteiger partial charge >= 0.3 is 5.97 Å². The molecule has 29 heavy (non-hydrogen) atoms. The molecule has 0 radical (unpaired) electrons. The largest absolute Gasteiger partial charge is 0.482 e. The fourth-order valence-corrected chi connectivity index (χ4v) is 4.01. The Balaban J connectivity index is 2.09. The van der Waals surface area contributed by atoms with Gasteiger partial charge in [-0.15, -0.1) is 0 Å². The fourth-order valence-electron chi connectivity index (χ4n) is 4.01. The minimum Gasteiger partial charge on any atom is -0.482 e. The van der Waals surface area contributed by atoms with Crippen LogP contribution in [0, 0.1) is 6.92 Å². The molecule has 0 saturated carbocycles. The predicted molar refractivity (Wildman–Crippen MR) is 119 cm³/mol. The Kier molecular flexibility index (Phi) is 6.66. The number of aryl methyl sites for hydroxylation is 2. The Hall–Kier alpha value is -2.29. The van der Waals surface area contributed by atoms with Gasteiger partial charge in [0.25, 0.3) is 0 Å². The van der Waals surface area contributed by atoms with Crippen LogP contribution >= 0.6 is 0 Å². The number of esters is 1. The molecular formula is C26H34O3. The SMILES string of the molecule is CCCCCc1cc(OC(=O)CCCC)c2c(c1)OC(C)(C)c1ccc(C)cc1-2. The average Bonchev–Trinajstić information content (AvgIpc) is 2.65. The molecule has 0 spiro atoms. The van der Waals surface area contributed by atoms with Gasteiger partial charge in [-0.1, -0.05) is 56.9 Å². The van der Waals surface area contributed by atoms with Gasteiger partial charge in [0.05, 0.1) is 5.56 Å². The summed E-state index contributed by atoms with van der Waals surface area (Å²) in [6.07, 6.45) is 6.72. The smallest absolute Gasteiger partial charge is 0.311 e. The number of rotatable bonds is 8. The summed E-state index contributed by atoms with van der Waals surface area (Å²) in [7, 11) is 0. The topological polar surface area (TPSA) is 35.5 Å². The van der Waals surface area contributed by atoms with Crippen molar-refractivity contribution >= 4 is 5.97 Å². The van der Waals surface area contributed by atoms with Gasteiger partial charge in [-0.25, -0.2) is 0 Å². The first-order valence-electron chi connectivity index (χ1n) is 11.0. The number of unbranched alkanes of at least 4 members (excludes halogenated alkanes) is 3. The highest BCUT2D eigenvalue weighted by atomic mass is 16.5. The van der Waals surface area contributed by atoms with Crippen molar-refractivity contribution in [3.8, 4) is 22.6 Å². The first-order valence-corrected chi connectivity index (χ1v) is 11.0. The summed E-state index contributed by atoms with van der Waals surface area (Å²) < 4.78 is 12.4. The van der Waals surface area contributed by atoms with Crippen LogP contribution < -0.4 is 9.47 Å². The standard InChI is InChI=1S/C26H34O3/c1-6-8-10-11-19-16-22(28-24(27)12-9-7-2)25-20-15-18(3)13-14-21(20)26(4,5)29-23(25)17-19/h13-17H,6-12H2,1-5H3. The molecule has 0 amide bonds. The van der Waals surface area contributed by atoms with Crippen LogP contribution in [0.5, 0.6) is 11.5 Å². The second-order valence-corrected chi connectivity index (χ2v) is 8.66. The summed E-state index contributed by atoms with van der Waals surface area (Å²) in [5.74, 6) is 1.29. The van der Waals surface area contributed by atoms with Gasteiger partial charge in [0.1, 0.15) is 17.1 Å². The average molecular weight is 395 g/mol. The molecule has 3 heteroatoms. The minimum absolute atomic E-state index is 0.168. The van der Waals surface area contributed by atoms with Gasteiger partial charge in [-0.05, 0) is 63.3 Å². The van der Waals surface area contributed by atoms with Gasteiger partial charge < -0.3 is 9.47 Å². The molecule has 0 bridgehead atoms. The molecule has 0 saturated heterocycles. The van der Waals surface area contributed by atoms with E-state index in [-0.39, 0.29) is 5.97 Å². The highest BCUT2D eigenvalue weighted by molar-refractivity contribution is 5.85. The monoisotopic (exact) mass is 394 g/mol. The van der Waals surface area contributed by atoms with Gasteiger partial charge in [0, 0.05) is 12.0 Å². The summed E-state index contributed by atoms with van der Waals surface area (Å²) in [6.45, 7) is 10.6. The molecule has 0 N–H and O–H groups in total. The normalized spacial score (nSPS) is 14.0. The van der Waals surface area contributed by atoms with E-state index in [1.165, 1.54) is 24.0 Å². The van der Waals surface area contributed by atoms with E-state index < -0.39 is 5.60 Å². The Morgan fingerprint density at radius 1 is 1.03 bits per heavy atom. The first-order chi connectivity index (χ1) is 13.9. The third kappa shape index (κ3) is 4.83. The molecule has 1 aliphatic rings. The van der Waals surface area contributed by atoms with Crippen molar-refractivity contribution in [3.05, 3.63) is 47.0 Å². The quantitative estimate of drug-likeness (QED) is 0.272. The second-order valence-electron chi connectivity index (χ2n) is 8.66. The molecule has 3 nitrogen and oxygen atoms in total. The Labute approximate surface area is 175 Å². The van der Waals surface area contributed by atoms with Crippen LogP contribution in [0.15, 0.2) is 30.3 Å². The third-order valence-electron chi connectivity index (χ3n) is 5.61. The van der Waals surface area contributed by atoms with Crippen LogP contribution in [0.25, 0.3) is 11.1 Å². The number of hydrogen-bond donors (Lipinski definition) is 0. The highest BCUT2D eigenvalue weighted by Crippen LogP contribution is 2.50. The molecule has 2 aromatic carbocycles. The first kappa shape index (κ1) is 21.4. The van der Waals surface area contributed by atoms with Crippen molar-refractivity contribution in [2.24, 2.45) is 0 Å². The van der Waals surface area contributed by atoms with E-state index in [0.29, 0.717) is 12.2 Å². The molecule has 156 valence electrons. The van der Waals surface area contributed by atoms with E-state index >= 15 is 0 Å². The van der Waals surface area contributed by atoms with E-state index in [1.54, 1.807) is 0 Å². The lowest BCUT2D eigenvalue weighted by Crippen LogP contribution is -2.29. The molecule has 1 aliphatic heterocycles. The van der Waals surface area contributed by atoms with Gasteiger partial charge in [-0.3, -0.25) is 4.79 Å². The molecule has 2 aromatic rings. The highest BCUT2D eigenvalue weighted by Gasteiger charge is 2.35. The van der Waals surface area contributed by atoms with E-state index in [1.807, 2.05) is 6.07 Å². The van der Waals surface area contributed by atoms with Crippen molar-refractivity contribution in [2.75, 3.05) is 0 Å². The number of carbonyl (C=O) groups excluding carboxylic acids is 1. The van der Waals surface area contributed by atoms with E-state index in [9.17, 15) is 4.79 Å². The van der Waals surface area contributed by atoms with Crippen LogP contribution in [-0.4, -0.2) is 5.97 Å². The third-order valence-corrected chi connectivity index (χ3v) is 5.61. The number of carbonyl (C=O) groups is 1. The van der Waals surface area contributed by atoms with Crippen molar-refractivity contribution < 1.29 is 14.3 Å². The summed E-state index contributed by atoms with van der Waals surface area (Å²) >= 11 is 0. The summed E-state index contributed by atoms with van der Waals surface area (Å²) in [5, 5.41) is 0. The van der Waals surface area contributed by atoms with Gasteiger partial charge in [0.15, 0.2) is 0 Å². The maximum absolute atomic E-state index is 12.5. The van der Waals surface area contributed by atoms with Crippen molar-refractivity contribution in [1.29, 1.82) is 0 Å². The van der Waals surface area contributed by atoms with Crippen molar-refractivity contribution in [1.82, 2.24) is 0 Å². The molecule has 3 rings (SSSR count). The van der Waals surface area contributed by atoms with Crippen LogP contribution in [0.1, 0.15) is 82.9 Å². The molecule has 0 aromatic heterocycles. The zero-order valence-corrected chi connectivity index (χ0v) is 18.6. The van der Waals surface area contributed by atoms with Gasteiger partial charge in [0.2, 0.25) is 0 Å². The zero-order chi connectivity index (χ0) is 21.0. The maximum atomic E-state index is 12.5. The molecule has 0 unspecified atom stereocenters. The lowest BCUT2D eigenvalue weighted by Gasteiger charge is -2.36. The minimum atomic E-state index is -0.429. The van der Waals surface area contributed by atoms with Gasteiger partial charge in [-0.2, -0.15) is 0 Å². The fraction of sp³-hybridized carbons (Fsp3) is 0.500. The number of hydrogen-bond acceptors (Lipinski definition) is 3. The van der Waals surface area contributed by atoms with Crippen LogP contribution in [-0.2, 0) is 16.8 Å². The van der Waals surface area contributed by atoms with Crippen molar-refractivity contribution in [3.63, 3.8) is 0 Å². The maximum Gasteiger partial charge on any atom is 0.311 e. The molecule has 1 heterocycles. The summed E-state index contributed by atoms with van der Waals surface area (Å²) in [4.78, 5) is 12.5. The Morgan fingerprint density at radius 3 is 2.52 bits per heavy atom. The Bertz CT molecular complexity index is 880. The molecule has 0 aliphatic carbocycles. The Morgan fingerprint density at radius 2 is 1.79 bits per heavy atom.